The first-order valence-corrected chi connectivity index (χ1v) is 6.84. The molecule has 0 aromatic heterocycles. The summed E-state index contributed by atoms with van der Waals surface area (Å²) in [6, 6.07) is 4.99. The lowest BCUT2D eigenvalue weighted by atomic mass is 10.0. The summed E-state index contributed by atoms with van der Waals surface area (Å²) in [6.07, 6.45) is -0.397. The van der Waals surface area contributed by atoms with E-state index < -0.39 is 11.7 Å². The number of carbonyl (C=O) groups excluding carboxylic acids is 1. The van der Waals surface area contributed by atoms with E-state index in [0.29, 0.717) is 29.4 Å². The predicted molar refractivity (Wildman–Crippen MR) is 77.8 cm³/mol. The van der Waals surface area contributed by atoms with Gasteiger partial charge in [-0.25, -0.2) is 0 Å². The Morgan fingerprint density at radius 3 is 2.90 bits per heavy atom. The van der Waals surface area contributed by atoms with E-state index in [1.807, 2.05) is 13.8 Å². The maximum atomic E-state index is 12.6. The Morgan fingerprint density at radius 2 is 2.30 bits per heavy atom. The molecule has 1 aromatic rings. The van der Waals surface area contributed by atoms with Gasteiger partial charge in [0, 0.05) is 18.8 Å². The summed E-state index contributed by atoms with van der Waals surface area (Å²) in [5.74, 6) is -0.233. The van der Waals surface area contributed by atoms with Crippen LogP contribution in [0, 0.1) is 0 Å². The molecule has 1 aliphatic rings. The van der Waals surface area contributed by atoms with Crippen LogP contribution in [0.5, 0.6) is 0 Å². The molecular formula is C14H19ClN2O3. The van der Waals surface area contributed by atoms with Gasteiger partial charge in [-0.05, 0) is 26.0 Å². The van der Waals surface area contributed by atoms with Gasteiger partial charge in [-0.2, -0.15) is 0 Å². The molecule has 1 heterocycles. The van der Waals surface area contributed by atoms with Gasteiger partial charge in [0.15, 0.2) is 0 Å². The van der Waals surface area contributed by atoms with Crippen molar-refractivity contribution in [2.75, 3.05) is 25.4 Å². The SMILES string of the molecule is CC1(C)CN(C(=O)c2c(N)cccc2Cl)CC(CO)O1. The van der Waals surface area contributed by atoms with Crippen molar-refractivity contribution in [2.45, 2.75) is 25.6 Å². The van der Waals surface area contributed by atoms with Crippen molar-refractivity contribution in [1.29, 1.82) is 0 Å². The number of halogens is 1. The van der Waals surface area contributed by atoms with Gasteiger partial charge in [0.25, 0.3) is 5.91 Å². The quantitative estimate of drug-likeness (QED) is 0.812. The zero-order chi connectivity index (χ0) is 14.9. The fraction of sp³-hybridized carbons (Fsp3) is 0.500. The number of aliphatic hydroxyl groups is 1. The third kappa shape index (κ3) is 3.06. The van der Waals surface area contributed by atoms with E-state index in [1.165, 1.54) is 0 Å². The Hall–Kier alpha value is -1.30. The molecule has 0 saturated carbocycles. The van der Waals surface area contributed by atoms with E-state index >= 15 is 0 Å². The topological polar surface area (TPSA) is 75.8 Å². The number of benzene rings is 1. The summed E-state index contributed by atoms with van der Waals surface area (Å²) >= 11 is 6.08. The zero-order valence-electron chi connectivity index (χ0n) is 11.6. The van der Waals surface area contributed by atoms with E-state index in [9.17, 15) is 9.90 Å². The van der Waals surface area contributed by atoms with Gasteiger partial charge in [0.1, 0.15) is 0 Å². The fourth-order valence-corrected chi connectivity index (χ4v) is 2.73. The third-order valence-electron chi connectivity index (χ3n) is 3.23. The van der Waals surface area contributed by atoms with Gasteiger partial charge in [0.2, 0.25) is 0 Å². The summed E-state index contributed by atoms with van der Waals surface area (Å²) in [5.41, 5.74) is 6.00. The van der Waals surface area contributed by atoms with Gasteiger partial charge in [-0.1, -0.05) is 17.7 Å². The first kappa shape index (κ1) is 15.1. The lowest BCUT2D eigenvalue weighted by Gasteiger charge is -2.42. The van der Waals surface area contributed by atoms with E-state index in [4.69, 9.17) is 22.1 Å². The number of hydrogen-bond donors (Lipinski definition) is 2. The summed E-state index contributed by atoms with van der Waals surface area (Å²) in [7, 11) is 0. The Morgan fingerprint density at radius 1 is 1.60 bits per heavy atom. The molecule has 110 valence electrons. The molecule has 20 heavy (non-hydrogen) atoms. The second-order valence-corrected chi connectivity index (χ2v) is 5.98. The first-order valence-electron chi connectivity index (χ1n) is 6.46. The minimum atomic E-state index is -0.517. The highest BCUT2D eigenvalue weighted by Gasteiger charge is 2.36. The molecular weight excluding hydrogens is 280 g/mol. The molecule has 3 N–H and O–H groups in total. The summed E-state index contributed by atoms with van der Waals surface area (Å²) in [6.45, 7) is 4.37. The molecule has 1 saturated heterocycles. The van der Waals surface area contributed by atoms with Crippen LogP contribution in [-0.4, -0.2) is 47.3 Å². The minimum absolute atomic E-state index is 0.134. The number of ether oxygens (including phenoxy) is 1. The van der Waals surface area contributed by atoms with Crippen molar-refractivity contribution in [1.82, 2.24) is 4.90 Å². The van der Waals surface area contributed by atoms with Crippen LogP contribution >= 0.6 is 11.6 Å². The van der Waals surface area contributed by atoms with Crippen LogP contribution in [-0.2, 0) is 4.74 Å². The molecule has 5 nitrogen and oxygen atoms in total. The highest BCUT2D eigenvalue weighted by Crippen LogP contribution is 2.27. The fourth-order valence-electron chi connectivity index (χ4n) is 2.47. The Bertz CT molecular complexity index is 499. The summed E-state index contributed by atoms with van der Waals surface area (Å²) in [5, 5.41) is 9.62. The lowest BCUT2D eigenvalue weighted by molar-refractivity contribution is -0.139. The average molecular weight is 299 g/mol. The van der Waals surface area contributed by atoms with Gasteiger partial charge in [-0.3, -0.25) is 4.79 Å². The van der Waals surface area contributed by atoms with Crippen molar-refractivity contribution in [3.05, 3.63) is 28.8 Å². The van der Waals surface area contributed by atoms with E-state index in [1.54, 1.807) is 23.1 Å². The van der Waals surface area contributed by atoms with E-state index in [-0.39, 0.29) is 12.5 Å². The maximum Gasteiger partial charge on any atom is 0.257 e. The number of morpholine rings is 1. The molecule has 1 aromatic carbocycles. The van der Waals surface area contributed by atoms with Crippen molar-refractivity contribution in [3.63, 3.8) is 0 Å². The van der Waals surface area contributed by atoms with E-state index in [0.717, 1.165) is 0 Å². The minimum Gasteiger partial charge on any atom is -0.398 e. The first-order chi connectivity index (χ1) is 9.34. The van der Waals surface area contributed by atoms with Crippen LogP contribution in [0.15, 0.2) is 18.2 Å². The van der Waals surface area contributed by atoms with Crippen LogP contribution in [0.25, 0.3) is 0 Å². The predicted octanol–water partition coefficient (Wildman–Crippen LogP) is 1.53. The van der Waals surface area contributed by atoms with Crippen molar-refractivity contribution in [3.8, 4) is 0 Å². The van der Waals surface area contributed by atoms with Crippen LogP contribution in [0.3, 0.4) is 0 Å². The van der Waals surface area contributed by atoms with Crippen LogP contribution in [0.1, 0.15) is 24.2 Å². The van der Waals surface area contributed by atoms with E-state index in [2.05, 4.69) is 0 Å². The molecule has 6 heteroatoms. The summed E-state index contributed by atoms with van der Waals surface area (Å²) < 4.78 is 5.69. The van der Waals surface area contributed by atoms with Crippen LogP contribution in [0.4, 0.5) is 5.69 Å². The number of hydrogen-bond acceptors (Lipinski definition) is 4. The number of aliphatic hydroxyl groups excluding tert-OH is 1. The number of rotatable bonds is 2. The van der Waals surface area contributed by atoms with Gasteiger partial charge < -0.3 is 20.5 Å². The molecule has 2 rings (SSSR count). The number of carbonyl (C=O) groups is 1. The van der Waals surface area contributed by atoms with Gasteiger partial charge in [-0.15, -0.1) is 0 Å². The van der Waals surface area contributed by atoms with Crippen molar-refractivity contribution < 1.29 is 14.6 Å². The Labute approximate surface area is 123 Å². The molecule has 1 aliphatic heterocycles. The molecule has 0 spiro atoms. The smallest absolute Gasteiger partial charge is 0.257 e. The summed E-state index contributed by atoms with van der Waals surface area (Å²) in [4.78, 5) is 14.2. The normalized spacial score (nSPS) is 21.8. The molecule has 1 atom stereocenters. The largest absolute Gasteiger partial charge is 0.398 e. The number of nitrogen functional groups attached to an aromatic ring is 1. The zero-order valence-corrected chi connectivity index (χ0v) is 12.4. The molecule has 0 radical (unpaired) electrons. The highest BCUT2D eigenvalue weighted by atomic mass is 35.5. The second-order valence-electron chi connectivity index (χ2n) is 5.57. The van der Waals surface area contributed by atoms with Crippen LogP contribution < -0.4 is 5.73 Å². The lowest BCUT2D eigenvalue weighted by Crippen LogP contribution is -2.55. The van der Waals surface area contributed by atoms with Gasteiger partial charge in [0.05, 0.1) is 28.9 Å². The number of nitrogens with two attached hydrogens (primary N) is 1. The molecule has 0 bridgehead atoms. The molecule has 1 fully saturated rings. The Kier molecular flexibility index (Phi) is 4.22. The average Bonchev–Trinajstić information content (AvgIpc) is 2.36. The molecule has 1 amide bonds. The molecule has 0 aliphatic carbocycles. The monoisotopic (exact) mass is 298 g/mol. The standard InChI is InChI=1S/C14H19ClN2O3/c1-14(2)8-17(6-9(7-18)20-14)13(19)12-10(15)4-3-5-11(12)16/h3-5,9,18H,6-8,16H2,1-2H3. The van der Waals surface area contributed by atoms with Crippen molar-refractivity contribution >= 4 is 23.2 Å². The Balaban J connectivity index is 2.28. The molecule has 1 unspecified atom stereocenters. The highest BCUT2D eigenvalue weighted by molar-refractivity contribution is 6.34. The third-order valence-corrected chi connectivity index (χ3v) is 3.55. The number of anilines is 1. The number of amides is 1. The number of nitrogens with zero attached hydrogens (tertiary/aromatic N) is 1. The van der Waals surface area contributed by atoms with Gasteiger partial charge >= 0.3 is 0 Å². The maximum absolute atomic E-state index is 12.6. The second kappa shape index (κ2) is 5.60. The van der Waals surface area contributed by atoms with Crippen molar-refractivity contribution in [2.24, 2.45) is 0 Å². The van der Waals surface area contributed by atoms with Crippen LogP contribution in [0.2, 0.25) is 5.02 Å².